The van der Waals surface area contributed by atoms with Crippen LogP contribution in [0.2, 0.25) is 0 Å². The van der Waals surface area contributed by atoms with Crippen LogP contribution in [0.25, 0.3) is 0 Å². The highest BCUT2D eigenvalue weighted by Gasteiger charge is 2.23. The lowest BCUT2D eigenvalue weighted by atomic mass is 10.2. The number of hydrogen-bond acceptors (Lipinski definition) is 5. The summed E-state index contributed by atoms with van der Waals surface area (Å²) in [5.74, 6) is 0.151. The van der Waals surface area contributed by atoms with E-state index in [0.717, 1.165) is 19.6 Å². The van der Waals surface area contributed by atoms with E-state index in [-0.39, 0.29) is 12.0 Å². The van der Waals surface area contributed by atoms with E-state index in [0.29, 0.717) is 19.7 Å². The Morgan fingerprint density at radius 2 is 2.43 bits per heavy atom. The van der Waals surface area contributed by atoms with Crippen LogP contribution in [-0.4, -0.2) is 64.9 Å². The first kappa shape index (κ1) is 16.2. The van der Waals surface area contributed by atoms with Gasteiger partial charge >= 0.3 is 0 Å². The summed E-state index contributed by atoms with van der Waals surface area (Å²) in [4.78, 5) is 17.6. The summed E-state index contributed by atoms with van der Waals surface area (Å²) in [5.41, 5.74) is 0. The molecule has 3 heterocycles. The molecule has 2 aromatic rings. The zero-order valence-corrected chi connectivity index (χ0v) is 14.1. The van der Waals surface area contributed by atoms with Crippen molar-refractivity contribution in [3.8, 4) is 0 Å². The number of amides is 1. The number of carbonyl (C=O) groups is 1. The van der Waals surface area contributed by atoms with E-state index in [2.05, 4.69) is 16.1 Å². The number of rotatable bonds is 6. The van der Waals surface area contributed by atoms with Crippen molar-refractivity contribution in [1.29, 1.82) is 0 Å². The second kappa shape index (κ2) is 7.72. The minimum Gasteiger partial charge on any atom is -0.374 e. The molecular formula is C16H22N4O2S. The smallest absolute Gasteiger partial charge is 0.236 e. The lowest BCUT2D eigenvalue weighted by Gasteiger charge is -2.33. The highest BCUT2D eigenvalue weighted by molar-refractivity contribution is 7.09. The van der Waals surface area contributed by atoms with Crippen molar-refractivity contribution < 1.29 is 9.53 Å². The van der Waals surface area contributed by atoms with Crippen molar-refractivity contribution in [2.45, 2.75) is 19.2 Å². The Bertz CT molecular complexity index is 600. The van der Waals surface area contributed by atoms with Gasteiger partial charge in [0.15, 0.2) is 0 Å². The predicted molar refractivity (Wildman–Crippen MR) is 89.2 cm³/mol. The molecule has 0 aliphatic carbocycles. The number of carbonyl (C=O) groups excluding carboxylic acids is 1. The maximum atomic E-state index is 12.4. The summed E-state index contributed by atoms with van der Waals surface area (Å²) in [5, 5.41) is 6.25. The third-order valence-corrected chi connectivity index (χ3v) is 4.79. The topological polar surface area (TPSA) is 50.6 Å². The van der Waals surface area contributed by atoms with Crippen molar-refractivity contribution in [2.75, 3.05) is 33.3 Å². The first-order valence-electron chi connectivity index (χ1n) is 7.78. The van der Waals surface area contributed by atoms with Gasteiger partial charge in [-0.15, -0.1) is 11.3 Å². The van der Waals surface area contributed by atoms with Crippen LogP contribution in [-0.2, 0) is 22.6 Å². The summed E-state index contributed by atoms with van der Waals surface area (Å²) in [6.07, 6.45) is 3.78. The fourth-order valence-electron chi connectivity index (χ4n) is 2.69. The van der Waals surface area contributed by atoms with E-state index in [1.165, 1.54) is 4.88 Å². The molecule has 0 bridgehead atoms. The zero-order valence-electron chi connectivity index (χ0n) is 13.3. The molecule has 0 spiro atoms. The molecule has 6 nitrogen and oxygen atoms in total. The van der Waals surface area contributed by atoms with Crippen LogP contribution in [0.1, 0.15) is 4.88 Å². The van der Waals surface area contributed by atoms with Gasteiger partial charge in [0, 0.05) is 37.4 Å². The van der Waals surface area contributed by atoms with Gasteiger partial charge in [-0.1, -0.05) is 6.07 Å². The van der Waals surface area contributed by atoms with Crippen molar-refractivity contribution in [1.82, 2.24) is 19.6 Å². The van der Waals surface area contributed by atoms with Crippen LogP contribution in [0.4, 0.5) is 0 Å². The van der Waals surface area contributed by atoms with E-state index < -0.39 is 0 Å². The highest BCUT2D eigenvalue weighted by atomic mass is 32.1. The van der Waals surface area contributed by atoms with Gasteiger partial charge in [-0.05, 0) is 17.5 Å². The summed E-state index contributed by atoms with van der Waals surface area (Å²) >= 11 is 1.68. The van der Waals surface area contributed by atoms with E-state index in [9.17, 15) is 4.79 Å². The molecule has 1 aliphatic heterocycles. The summed E-state index contributed by atoms with van der Waals surface area (Å²) in [7, 11) is 1.86. The van der Waals surface area contributed by atoms with Gasteiger partial charge in [0.25, 0.3) is 0 Å². The van der Waals surface area contributed by atoms with Crippen LogP contribution >= 0.6 is 11.3 Å². The minimum absolute atomic E-state index is 0.0825. The molecule has 7 heteroatoms. The largest absolute Gasteiger partial charge is 0.374 e. The Hall–Kier alpha value is -1.70. The first-order valence-corrected chi connectivity index (χ1v) is 8.66. The van der Waals surface area contributed by atoms with Crippen molar-refractivity contribution in [2.24, 2.45) is 0 Å². The Labute approximate surface area is 140 Å². The SMILES string of the molecule is CN(Cc1cccs1)C(=O)CN1CCO[C@H](Cn2cccn2)C1. The Balaban J connectivity index is 1.47. The third kappa shape index (κ3) is 4.63. The second-order valence-corrected chi connectivity index (χ2v) is 6.82. The standard InChI is InChI=1S/C16H22N4O2S/c1-18(12-15-4-2-9-23-15)16(21)13-19-7-8-22-14(10-19)11-20-6-3-5-17-20/h2-6,9,14H,7-8,10-13H2,1H3/t14-/m0/s1. The molecule has 23 heavy (non-hydrogen) atoms. The fourth-order valence-corrected chi connectivity index (χ4v) is 3.45. The molecular weight excluding hydrogens is 312 g/mol. The number of likely N-dealkylation sites (N-methyl/N-ethyl adjacent to an activating group) is 1. The maximum Gasteiger partial charge on any atom is 0.236 e. The Morgan fingerprint density at radius 3 is 3.17 bits per heavy atom. The number of hydrogen-bond donors (Lipinski definition) is 0. The van der Waals surface area contributed by atoms with Gasteiger partial charge in [-0.3, -0.25) is 14.4 Å². The van der Waals surface area contributed by atoms with Crippen molar-refractivity contribution >= 4 is 17.2 Å². The maximum absolute atomic E-state index is 12.4. The molecule has 124 valence electrons. The van der Waals surface area contributed by atoms with E-state index in [1.54, 1.807) is 22.4 Å². The zero-order chi connectivity index (χ0) is 16.1. The number of thiophene rings is 1. The van der Waals surface area contributed by atoms with Gasteiger partial charge < -0.3 is 9.64 Å². The van der Waals surface area contributed by atoms with Crippen molar-refractivity contribution in [3.63, 3.8) is 0 Å². The van der Waals surface area contributed by atoms with Crippen LogP contribution in [0.5, 0.6) is 0 Å². The molecule has 1 atom stereocenters. The molecule has 0 radical (unpaired) electrons. The molecule has 3 rings (SSSR count). The van der Waals surface area contributed by atoms with Gasteiger partial charge in [-0.25, -0.2) is 0 Å². The van der Waals surface area contributed by atoms with Gasteiger partial charge in [0.05, 0.1) is 32.3 Å². The van der Waals surface area contributed by atoms with Crippen LogP contribution in [0.3, 0.4) is 0 Å². The Morgan fingerprint density at radius 1 is 1.52 bits per heavy atom. The predicted octanol–water partition coefficient (Wildman–Crippen LogP) is 1.30. The van der Waals surface area contributed by atoms with Gasteiger partial charge in [-0.2, -0.15) is 5.10 Å². The number of aromatic nitrogens is 2. The van der Waals surface area contributed by atoms with Crippen LogP contribution in [0.15, 0.2) is 36.0 Å². The van der Waals surface area contributed by atoms with E-state index in [4.69, 9.17) is 4.74 Å². The molecule has 2 aromatic heterocycles. The normalized spacial score (nSPS) is 18.9. The fraction of sp³-hybridized carbons (Fsp3) is 0.500. The molecule has 1 amide bonds. The van der Waals surface area contributed by atoms with Gasteiger partial charge in [0.1, 0.15) is 0 Å². The summed E-state index contributed by atoms with van der Waals surface area (Å²) in [6, 6.07) is 5.98. The molecule has 0 unspecified atom stereocenters. The number of morpholine rings is 1. The average molecular weight is 334 g/mol. The van der Waals surface area contributed by atoms with E-state index in [1.807, 2.05) is 35.4 Å². The molecule has 0 aromatic carbocycles. The van der Waals surface area contributed by atoms with Gasteiger partial charge in [0.2, 0.25) is 5.91 Å². The second-order valence-electron chi connectivity index (χ2n) is 5.79. The third-order valence-electron chi connectivity index (χ3n) is 3.93. The van der Waals surface area contributed by atoms with Crippen molar-refractivity contribution in [3.05, 3.63) is 40.8 Å². The lowest BCUT2D eigenvalue weighted by molar-refractivity contribution is -0.133. The van der Waals surface area contributed by atoms with Crippen LogP contribution < -0.4 is 0 Å². The molecule has 0 saturated carbocycles. The monoisotopic (exact) mass is 334 g/mol. The molecule has 1 saturated heterocycles. The molecule has 1 fully saturated rings. The number of ether oxygens (including phenoxy) is 1. The molecule has 1 aliphatic rings. The Kier molecular flexibility index (Phi) is 5.43. The highest BCUT2D eigenvalue weighted by Crippen LogP contribution is 2.12. The molecule has 0 N–H and O–H groups in total. The summed E-state index contributed by atoms with van der Waals surface area (Å²) in [6.45, 7) is 4.07. The number of nitrogens with zero attached hydrogens (tertiary/aromatic N) is 4. The quantitative estimate of drug-likeness (QED) is 0.799. The first-order chi connectivity index (χ1) is 11.2. The minimum atomic E-state index is 0.0825. The van der Waals surface area contributed by atoms with E-state index >= 15 is 0 Å². The average Bonchev–Trinajstić information content (AvgIpc) is 3.21. The summed E-state index contributed by atoms with van der Waals surface area (Å²) < 4.78 is 7.66. The van der Waals surface area contributed by atoms with Crippen LogP contribution in [0, 0.1) is 0 Å². The lowest BCUT2D eigenvalue weighted by Crippen LogP contribution is -2.48.